The Morgan fingerprint density at radius 1 is 1.53 bits per heavy atom. The second-order valence-corrected chi connectivity index (χ2v) is 4.10. The van der Waals surface area contributed by atoms with E-state index in [2.05, 4.69) is 10.6 Å². The van der Waals surface area contributed by atoms with Gasteiger partial charge in [0, 0.05) is 12.0 Å². The summed E-state index contributed by atoms with van der Waals surface area (Å²) in [5, 5.41) is 5.69. The van der Waals surface area contributed by atoms with E-state index in [1.807, 2.05) is 6.07 Å². The lowest BCUT2D eigenvalue weighted by Crippen LogP contribution is -2.34. The number of likely N-dealkylation sites (N-methyl/N-ethyl adjacent to an activating group) is 1. The van der Waals surface area contributed by atoms with E-state index in [1.165, 1.54) is 12.1 Å². The van der Waals surface area contributed by atoms with Gasteiger partial charge in [0.05, 0.1) is 6.54 Å². The van der Waals surface area contributed by atoms with Crippen LogP contribution in [0, 0.1) is 5.82 Å². The van der Waals surface area contributed by atoms with Gasteiger partial charge in [-0.3, -0.25) is 4.79 Å². The maximum absolute atomic E-state index is 13.0. The summed E-state index contributed by atoms with van der Waals surface area (Å²) in [6, 6.07) is 6.74. The summed E-state index contributed by atoms with van der Waals surface area (Å²) in [6.07, 6.45) is 0.902. The van der Waals surface area contributed by atoms with Gasteiger partial charge in [0.2, 0.25) is 5.91 Å². The molecule has 2 atom stereocenters. The second kappa shape index (κ2) is 5.98. The van der Waals surface area contributed by atoms with E-state index in [0.717, 1.165) is 12.0 Å². The minimum Gasteiger partial charge on any atom is -0.352 e. The number of hydrogen-bond donors (Lipinski definition) is 2. The predicted octanol–water partition coefficient (Wildman–Crippen LogP) is 1.44. The average molecular weight is 259 g/mol. The molecule has 0 radical (unpaired) electrons. The van der Waals surface area contributed by atoms with Gasteiger partial charge in [-0.25, -0.2) is 4.39 Å². The van der Waals surface area contributed by atoms with Gasteiger partial charge in [-0.15, -0.1) is 12.4 Å². The van der Waals surface area contributed by atoms with Crippen LogP contribution in [0.25, 0.3) is 0 Å². The molecule has 0 bridgehead atoms. The fourth-order valence-electron chi connectivity index (χ4n) is 1.88. The summed E-state index contributed by atoms with van der Waals surface area (Å²) >= 11 is 0. The molecular formula is C12H16ClFN2O. The van der Waals surface area contributed by atoms with Crippen LogP contribution in [0.4, 0.5) is 4.39 Å². The van der Waals surface area contributed by atoms with E-state index in [0.29, 0.717) is 6.54 Å². The van der Waals surface area contributed by atoms with E-state index in [-0.39, 0.29) is 36.1 Å². The van der Waals surface area contributed by atoms with Crippen molar-refractivity contribution >= 4 is 18.3 Å². The third kappa shape index (κ3) is 3.68. The smallest absolute Gasteiger partial charge is 0.234 e. The van der Waals surface area contributed by atoms with Crippen molar-refractivity contribution in [2.45, 2.75) is 18.4 Å². The van der Waals surface area contributed by atoms with Gasteiger partial charge in [0.25, 0.3) is 0 Å². The molecule has 1 aromatic rings. The number of carbonyl (C=O) groups excluding carboxylic acids is 1. The number of nitrogens with one attached hydrogen (secondary N) is 2. The summed E-state index contributed by atoms with van der Waals surface area (Å²) in [5.74, 6) is 0.0487. The first-order valence-corrected chi connectivity index (χ1v) is 5.40. The molecule has 5 heteroatoms. The topological polar surface area (TPSA) is 41.1 Å². The number of carbonyl (C=O) groups is 1. The number of hydrogen-bond acceptors (Lipinski definition) is 2. The van der Waals surface area contributed by atoms with E-state index in [1.54, 1.807) is 13.1 Å². The molecule has 1 aliphatic carbocycles. The first-order valence-electron chi connectivity index (χ1n) is 5.40. The van der Waals surface area contributed by atoms with Crippen LogP contribution in [0.1, 0.15) is 17.9 Å². The molecule has 1 aliphatic rings. The Bertz CT molecular complexity index is 400. The monoisotopic (exact) mass is 258 g/mol. The summed E-state index contributed by atoms with van der Waals surface area (Å²) < 4.78 is 13.0. The Labute approximate surface area is 106 Å². The van der Waals surface area contributed by atoms with Crippen LogP contribution in [0.2, 0.25) is 0 Å². The molecule has 94 valence electrons. The molecule has 2 N–H and O–H groups in total. The van der Waals surface area contributed by atoms with Crippen LogP contribution in [-0.4, -0.2) is 25.5 Å². The standard InChI is InChI=1S/C12H15FN2O.ClH/c1-14-7-12(16)15-11-6-10(11)8-3-2-4-9(13)5-8;/h2-5,10-11,14H,6-7H2,1H3,(H,15,16);1H. The van der Waals surface area contributed by atoms with Crippen LogP contribution in [0.5, 0.6) is 0 Å². The van der Waals surface area contributed by atoms with E-state index < -0.39 is 0 Å². The summed E-state index contributed by atoms with van der Waals surface area (Å²) in [7, 11) is 1.73. The first-order chi connectivity index (χ1) is 7.70. The molecule has 0 heterocycles. The largest absolute Gasteiger partial charge is 0.352 e. The highest BCUT2D eigenvalue weighted by Gasteiger charge is 2.39. The molecule has 0 aliphatic heterocycles. The van der Waals surface area contributed by atoms with Crippen molar-refractivity contribution in [3.05, 3.63) is 35.6 Å². The molecule has 1 fully saturated rings. The van der Waals surface area contributed by atoms with Crippen LogP contribution in [-0.2, 0) is 4.79 Å². The molecule has 1 amide bonds. The van der Waals surface area contributed by atoms with Crippen LogP contribution in [0.15, 0.2) is 24.3 Å². The van der Waals surface area contributed by atoms with Gasteiger partial charge < -0.3 is 10.6 Å². The Morgan fingerprint density at radius 2 is 2.29 bits per heavy atom. The fourth-order valence-corrected chi connectivity index (χ4v) is 1.88. The van der Waals surface area contributed by atoms with Gasteiger partial charge in [0.1, 0.15) is 5.82 Å². The van der Waals surface area contributed by atoms with Crippen molar-refractivity contribution in [3.63, 3.8) is 0 Å². The lowest BCUT2D eigenvalue weighted by atomic mass is 10.1. The number of halogens is 2. The van der Waals surface area contributed by atoms with Gasteiger partial charge in [-0.1, -0.05) is 12.1 Å². The predicted molar refractivity (Wildman–Crippen MR) is 66.9 cm³/mol. The normalized spacial score (nSPS) is 21.5. The van der Waals surface area contributed by atoms with E-state index >= 15 is 0 Å². The highest BCUT2D eigenvalue weighted by Crippen LogP contribution is 2.40. The SMILES string of the molecule is CNCC(=O)NC1CC1c1cccc(F)c1.Cl. The fraction of sp³-hybridized carbons (Fsp3) is 0.417. The lowest BCUT2D eigenvalue weighted by molar-refractivity contribution is -0.120. The molecule has 2 unspecified atom stereocenters. The zero-order valence-corrected chi connectivity index (χ0v) is 10.4. The highest BCUT2D eigenvalue weighted by atomic mass is 35.5. The number of benzene rings is 1. The minimum absolute atomic E-state index is 0. The Hall–Kier alpha value is -1.13. The molecule has 3 nitrogen and oxygen atoms in total. The number of amides is 1. The van der Waals surface area contributed by atoms with Crippen molar-refractivity contribution in [2.24, 2.45) is 0 Å². The first kappa shape index (κ1) is 13.9. The van der Waals surface area contributed by atoms with Gasteiger partial charge in [-0.2, -0.15) is 0 Å². The summed E-state index contributed by atoms with van der Waals surface area (Å²) in [6.45, 7) is 0.326. The summed E-state index contributed by atoms with van der Waals surface area (Å²) in [4.78, 5) is 11.3. The Balaban J connectivity index is 0.00000144. The van der Waals surface area contributed by atoms with Gasteiger partial charge in [-0.05, 0) is 31.2 Å². The highest BCUT2D eigenvalue weighted by molar-refractivity contribution is 5.85. The zero-order chi connectivity index (χ0) is 11.5. The lowest BCUT2D eigenvalue weighted by Gasteiger charge is -2.04. The van der Waals surface area contributed by atoms with E-state index in [9.17, 15) is 9.18 Å². The average Bonchev–Trinajstić information content (AvgIpc) is 2.97. The van der Waals surface area contributed by atoms with Crippen LogP contribution < -0.4 is 10.6 Å². The van der Waals surface area contributed by atoms with Crippen LogP contribution >= 0.6 is 12.4 Å². The summed E-state index contributed by atoms with van der Waals surface area (Å²) in [5.41, 5.74) is 0.967. The zero-order valence-electron chi connectivity index (χ0n) is 9.57. The molecule has 2 rings (SSSR count). The van der Waals surface area contributed by atoms with Crippen molar-refractivity contribution < 1.29 is 9.18 Å². The molecular weight excluding hydrogens is 243 g/mol. The van der Waals surface area contributed by atoms with Crippen molar-refractivity contribution in [3.8, 4) is 0 Å². The second-order valence-electron chi connectivity index (χ2n) is 4.10. The van der Waals surface area contributed by atoms with E-state index in [4.69, 9.17) is 0 Å². The quantitative estimate of drug-likeness (QED) is 0.858. The van der Waals surface area contributed by atoms with Crippen molar-refractivity contribution in [2.75, 3.05) is 13.6 Å². The Kier molecular flexibility index (Phi) is 4.90. The molecule has 1 saturated carbocycles. The molecule has 1 aromatic carbocycles. The molecule has 17 heavy (non-hydrogen) atoms. The van der Waals surface area contributed by atoms with Gasteiger partial charge in [0.15, 0.2) is 0 Å². The molecule has 0 saturated heterocycles. The van der Waals surface area contributed by atoms with Crippen molar-refractivity contribution in [1.29, 1.82) is 0 Å². The number of rotatable bonds is 4. The third-order valence-corrected chi connectivity index (χ3v) is 2.75. The molecule has 0 aromatic heterocycles. The maximum Gasteiger partial charge on any atom is 0.234 e. The van der Waals surface area contributed by atoms with Gasteiger partial charge >= 0.3 is 0 Å². The maximum atomic E-state index is 13.0. The minimum atomic E-state index is -0.218. The Morgan fingerprint density at radius 3 is 2.94 bits per heavy atom. The third-order valence-electron chi connectivity index (χ3n) is 2.75. The molecule has 0 spiro atoms. The van der Waals surface area contributed by atoms with Crippen molar-refractivity contribution in [1.82, 2.24) is 10.6 Å². The van der Waals surface area contributed by atoms with Crippen LogP contribution in [0.3, 0.4) is 0 Å².